The maximum atomic E-state index is 10.7. The standard InChI is InChI=1S/C12H10N2O2/c13-11-6-8(12(15)16)3-4-10(11)9-2-1-5-14-7-9/h1-7H,13H2,(H,15,16). The summed E-state index contributed by atoms with van der Waals surface area (Å²) in [6, 6.07) is 8.35. The first kappa shape index (κ1) is 10.2. The number of anilines is 1. The zero-order chi connectivity index (χ0) is 11.5. The van der Waals surface area contributed by atoms with Gasteiger partial charge in [-0.2, -0.15) is 0 Å². The van der Waals surface area contributed by atoms with Gasteiger partial charge in [0.1, 0.15) is 0 Å². The van der Waals surface area contributed by atoms with Crippen LogP contribution in [0.15, 0.2) is 42.7 Å². The molecule has 0 radical (unpaired) electrons. The van der Waals surface area contributed by atoms with Crippen LogP contribution in [-0.2, 0) is 0 Å². The van der Waals surface area contributed by atoms with Crippen LogP contribution in [0.5, 0.6) is 0 Å². The van der Waals surface area contributed by atoms with E-state index in [1.54, 1.807) is 24.5 Å². The molecule has 0 aliphatic carbocycles. The number of nitrogens with zero attached hydrogens (tertiary/aromatic N) is 1. The number of aromatic nitrogens is 1. The number of nitrogens with two attached hydrogens (primary N) is 1. The predicted octanol–water partition coefficient (Wildman–Crippen LogP) is 2.03. The van der Waals surface area contributed by atoms with Crippen molar-refractivity contribution in [2.75, 3.05) is 5.73 Å². The van der Waals surface area contributed by atoms with E-state index >= 15 is 0 Å². The molecule has 0 spiro atoms. The molecule has 4 nitrogen and oxygen atoms in total. The first-order valence-corrected chi connectivity index (χ1v) is 4.71. The van der Waals surface area contributed by atoms with Gasteiger partial charge in [-0.15, -0.1) is 0 Å². The summed E-state index contributed by atoms with van der Waals surface area (Å²) in [5.74, 6) is -0.982. The Bertz CT molecular complexity index is 524. The van der Waals surface area contributed by atoms with E-state index < -0.39 is 5.97 Å². The topological polar surface area (TPSA) is 76.2 Å². The highest BCUT2D eigenvalue weighted by Crippen LogP contribution is 2.25. The summed E-state index contributed by atoms with van der Waals surface area (Å²) in [6.07, 6.45) is 3.36. The third kappa shape index (κ3) is 1.86. The van der Waals surface area contributed by atoms with Crippen LogP contribution in [0.1, 0.15) is 10.4 Å². The number of carboxylic acid groups (broad SMARTS) is 1. The molecule has 4 heteroatoms. The number of aromatic carboxylic acids is 1. The van der Waals surface area contributed by atoms with Crippen LogP contribution in [0.4, 0.5) is 5.69 Å². The fourth-order valence-corrected chi connectivity index (χ4v) is 1.48. The van der Waals surface area contributed by atoms with Gasteiger partial charge in [-0.25, -0.2) is 4.79 Å². The Labute approximate surface area is 92.4 Å². The summed E-state index contributed by atoms with van der Waals surface area (Å²) in [6.45, 7) is 0. The highest BCUT2D eigenvalue weighted by atomic mass is 16.4. The monoisotopic (exact) mass is 214 g/mol. The third-order valence-electron chi connectivity index (χ3n) is 2.27. The van der Waals surface area contributed by atoms with Crippen molar-refractivity contribution in [3.05, 3.63) is 48.3 Å². The lowest BCUT2D eigenvalue weighted by atomic mass is 10.0. The molecule has 0 saturated carbocycles. The Kier molecular flexibility index (Phi) is 2.55. The molecule has 0 aliphatic heterocycles. The van der Waals surface area contributed by atoms with E-state index in [-0.39, 0.29) is 5.56 Å². The van der Waals surface area contributed by atoms with Gasteiger partial charge in [-0.1, -0.05) is 12.1 Å². The minimum atomic E-state index is -0.982. The predicted molar refractivity (Wildman–Crippen MR) is 61.0 cm³/mol. The van der Waals surface area contributed by atoms with Gasteiger partial charge >= 0.3 is 5.97 Å². The molecule has 80 valence electrons. The van der Waals surface area contributed by atoms with Crippen molar-refractivity contribution >= 4 is 11.7 Å². The van der Waals surface area contributed by atoms with Crippen LogP contribution in [0.2, 0.25) is 0 Å². The van der Waals surface area contributed by atoms with E-state index in [4.69, 9.17) is 10.8 Å². The SMILES string of the molecule is Nc1cc(C(=O)O)ccc1-c1cccnc1. The van der Waals surface area contributed by atoms with Gasteiger partial charge in [0, 0.05) is 29.2 Å². The lowest BCUT2D eigenvalue weighted by Gasteiger charge is -2.06. The van der Waals surface area contributed by atoms with E-state index in [1.807, 2.05) is 6.07 Å². The van der Waals surface area contributed by atoms with Crippen molar-refractivity contribution in [1.82, 2.24) is 4.98 Å². The van der Waals surface area contributed by atoms with Crippen LogP contribution in [-0.4, -0.2) is 16.1 Å². The first-order chi connectivity index (χ1) is 7.68. The molecule has 0 amide bonds. The summed E-state index contributed by atoms with van der Waals surface area (Å²) in [5, 5.41) is 8.80. The third-order valence-corrected chi connectivity index (χ3v) is 2.27. The Morgan fingerprint density at radius 2 is 2.12 bits per heavy atom. The van der Waals surface area contributed by atoms with Crippen molar-refractivity contribution < 1.29 is 9.90 Å². The Morgan fingerprint density at radius 1 is 1.31 bits per heavy atom. The maximum Gasteiger partial charge on any atom is 0.335 e. The van der Waals surface area contributed by atoms with Crippen LogP contribution >= 0.6 is 0 Å². The van der Waals surface area contributed by atoms with Gasteiger partial charge < -0.3 is 10.8 Å². The summed E-state index contributed by atoms with van der Waals surface area (Å²) >= 11 is 0. The molecule has 3 N–H and O–H groups in total. The minimum Gasteiger partial charge on any atom is -0.478 e. The lowest BCUT2D eigenvalue weighted by Crippen LogP contribution is -1.99. The van der Waals surface area contributed by atoms with Crippen LogP contribution in [0.25, 0.3) is 11.1 Å². The Balaban J connectivity index is 2.48. The highest BCUT2D eigenvalue weighted by molar-refractivity contribution is 5.91. The number of rotatable bonds is 2. The van der Waals surface area contributed by atoms with E-state index in [0.29, 0.717) is 5.69 Å². The first-order valence-electron chi connectivity index (χ1n) is 4.71. The molecule has 1 heterocycles. The zero-order valence-electron chi connectivity index (χ0n) is 8.42. The smallest absolute Gasteiger partial charge is 0.335 e. The van der Waals surface area contributed by atoms with Gasteiger partial charge in [0.25, 0.3) is 0 Å². The normalized spacial score (nSPS) is 10.0. The molecular weight excluding hydrogens is 204 g/mol. The number of hydrogen-bond acceptors (Lipinski definition) is 3. The molecule has 0 atom stereocenters. The molecule has 2 aromatic rings. The number of carbonyl (C=O) groups is 1. The fourth-order valence-electron chi connectivity index (χ4n) is 1.48. The summed E-state index contributed by atoms with van der Waals surface area (Å²) < 4.78 is 0. The quantitative estimate of drug-likeness (QED) is 0.750. The van der Waals surface area contributed by atoms with E-state index in [9.17, 15) is 4.79 Å². The second-order valence-electron chi connectivity index (χ2n) is 3.35. The Hall–Kier alpha value is -2.36. The van der Waals surface area contributed by atoms with Gasteiger partial charge in [0.2, 0.25) is 0 Å². The number of carboxylic acids is 1. The second-order valence-corrected chi connectivity index (χ2v) is 3.35. The van der Waals surface area contributed by atoms with Gasteiger partial charge in [0.05, 0.1) is 5.56 Å². The average molecular weight is 214 g/mol. The van der Waals surface area contributed by atoms with E-state index in [2.05, 4.69) is 4.98 Å². The minimum absolute atomic E-state index is 0.185. The largest absolute Gasteiger partial charge is 0.478 e. The molecule has 0 bridgehead atoms. The number of pyridine rings is 1. The van der Waals surface area contributed by atoms with Gasteiger partial charge in [-0.3, -0.25) is 4.98 Å². The molecular formula is C12H10N2O2. The summed E-state index contributed by atoms with van der Waals surface area (Å²) in [5.41, 5.74) is 8.09. The maximum absolute atomic E-state index is 10.7. The lowest BCUT2D eigenvalue weighted by molar-refractivity contribution is 0.0697. The van der Waals surface area contributed by atoms with Crippen LogP contribution in [0.3, 0.4) is 0 Å². The van der Waals surface area contributed by atoms with Crippen molar-refractivity contribution in [3.63, 3.8) is 0 Å². The van der Waals surface area contributed by atoms with Crippen LogP contribution in [0, 0.1) is 0 Å². The van der Waals surface area contributed by atoms with E-state index in [0.717, 1.165) is 11.1 Å². The zero-order valence-corrected chi connectivity index (χ0v) is 8.42. The molecule has 0 fully saturated rings. The summed E-state index contributed by atoms with van der Waals surface area (Å²) in [4.78, 5) is 14.7. The molecule has 0 unspecified atom stereocenters. The Morgan fingerprint density at radius 3 is 2.69 bits per heavy atom. The molecule has 0 aliphatic rings. The van der Waals surface area contributed by atoms with Crippen molar-refractivity contribution in [2.24, 2.45) is 0 Å². The molecule has 0 saturated heterocycles. The van der Waals surface area contributed by atoms with Gasteiger partial charge in [-0.05, 0) is 18.2 Å². The van der Waals surface area contributed by atoms with Crippen molar-refractivity contribution in [2.45, 2.75) is 0 Å². The van der Waals surface area contributed by atoms with Crippen molar-refractivity contribution in [1.29, 1.82) is 0 Å². The fraction of sp³-hybridized carbons (Fsp3) is 0. The molecule has 1 aromatic heterocycles. The number of benzene rings is 1. The number of hydrogen-bond donors (Lipinski definition) is 2. The van der Waals surface area contributed by atoms with Crippen LogP contribution < -0.4 is 5.73 Å². The summed E-state index contributed by atoms with van der Waals surface area (Å²) in [7, 11) is 0. The molecule has 16 heavy (non-hydrogen) atoms. The second kappa shape index (κ2) is 4.02. The number of nitrogen functional groups attached to an aromatic ring is 1. The molecule has 2 rings (SSSR count). The van der Waals surface area contributed by atoms with Crippen molar-refractivity contribution in [3.8, 4) is 11.1 Å². The average Bonchev–Trinajstić information content (AvgIpc) is 2.30. The van der Waals surface area contributed by atoms with E-state index in [1.165, 1.54) is 12.1 Å². The highest BCUT2D eigenvalue weighted by Gasteiger charge is 2.07. The van der Waals surface area contributed by atoms with Gasteiger partial charge in [0.15, 0.2) is 0 Å². The molecule has 1 aromatic carbocycles.